The van der Waals surface area contributed by atoms with E-state index in [2.05, 4.69) is 5.32 Å². The summed E-state index contributed by atoms with van der Waals surface area (Å²) in [5, 5.41) is 3.14. The van der Waals surface area contributed by atoms with Gasteiger partial charge in [-0.1, -0.05) is 0 Å². The Labute approximate surface area is 76.1 Å². The Balaban J connectivity index is 2.49. The zero-order valence-electron chi connectivity index (χ0n) is 7.86. The summed E-state index contributed by atoms with van der Waals surface area (Å²) >= 11 is 0. The Morgan fingerprint density at radius 1 is 1.38 bits per heavy atom. The molecular formula is C8H15F3N2. The first kappa shape index (κ1) is 10.8. The zero-order chi connectivity index (χ0) is 10.1. The lowest BCUT2D eigenvalue weighted by Gasteiger charge is -2.38. The largest absolute Gasteiger partial charge is 0.401 e. The molecule has 0 spiro atoms. The number of hydrogen-bond acceptors (Lipinski definition) is 2. The lowest BCUT2D eigenvalue weighted by atomic mass is 10.1. The van der Waals surface area contributed by atoms with Gasteiger partial charge >= 0.3 is 6.18 Å². The van der Waals surface area contributed by atoms with Crippen molar-refractivity contribution in [2.24, 2.45) is 0 Å². The molecule has 0 aromatic rings. The van der Waals surface area contributed by atoms with Crippen LogP contribution < -0.4 is 5.32 Å². The average molecular weight is 196 g/mol. The summed E-state index contributed by atoms with van der Waals surface area (Å²) in [7, 11) is 0. The van der Waals surface area contributed by atoms with Gasteiger partial charge in [0.2, 0.25) is 0 Å². The van der Waals surface area contributed by atoms with Crippen LogP contribution in [0.4, 0.5) is 13.2 Å². The quantitative estimate of drug-likeness (QED) is 0.678. The molecule has 13 heavy (non-hydrogen) atoms. The fourth-order valence-corrected chi connectivity index (χ4v) is 1.58. The van der Waals surface area contributed by atoms with E-state index < -0.39 is 12.7 Å². The number of piperazine rings is 1. The van der Waals surface area contributed by atoms with E-state index in [1.807, 2.05) is 13.8 Å². The fraction of sp³-hybridized carbons (Fsp3) is 1.00. The van der Waals surface area contributed by atoms with Crippen molar-refractivity contribution in [1.29, 1.82) is 0 Å². The maximum absolute atomic E-state index is 12.1. The van der Waals surface area contributed by atoms with Crippen molar-refractivity contribution in [3.8, 4) is 0 Å². The predicted molar refractivity (Wildman–Crippen MR) is 44.6 cm³/mol. The van der Waals surface area contributed by atoms with Crippen LogP contribution in [0.25, 0.3) is 0 Å². The van der Waals surface area contributed by atoms with Gasteiger partial charge in [-0.25, -0.2) is 0 Å². The lowest BCUT2D eigenvalue weighted by molar-refractivity contribution is -0.153. The smallest absolute Gasteiger partial charge is 0.311 e. The lowest BCUT2D eigenvalue weighted by Crippen LogP contribution is -2.57. The molecule has 0 radical (unpaired) electrons. The van der Waals surface area contributed by atoms with Crippen LogP contribution >= 0.6 is 0 Å². The Hall–Kier alpha value is -0.290. The van der Waals surface area contributed by atoms with E-state index in [4.69, 9.17) is 0 Å². The summed E-state index contributed by atoms with van der Waals surface area (Å²) in [5.74, 6) is 0. The minimum Gasteiger partial charge on any atom is -0.311 e. The first-order valence-corrected chi connectivity index (χ1v) is 4.44. The molecule has 0 aromatic heterocycles. The van der Waals surface area contributed by atoms with Crippen molar-refractivity contribution < 1.29 is 13.2 Å². The third-order valence-electron chi connectivity index (χ3n) is 2.55. The molecule has 1 saturated heterocycles. The molecule has 5 heteroatoms. The SMILES string of the molecule is CC1NCCN(CC(F)(F)F)C1C. The first-order chi connectivity index (χ1) is 5.90. The Bertz CT molecular complexity index is 169. The molecule has 0 aliphatic carbocycles. The van der Waals surface area contributed by atoms with Gasteiger partial charge in [-0.15, -0.1) is 0 Å². The normalized spacial score (nSPS) is 32.1. The van der Waals surface area contributed by atoms with E-state index in [0.717, 1.165) is 0 Å². The molecule has 1 rings (SSSR count). The predicted octanol–water partition coefficient (Wildman–Crippen LogP) is 1.23. The van der Waals surface area contributed by atoms with Crippen LogP contribution in [0.3, 0.4) is 0 Å². The van der Waals surface area contributed by atoms with Gasteiger partial charge < -0.3 is 5.32 Å². The van der Waals surface area contributed by atoms with Crippen LogP contribution in [-0.2, 0) is 0 Å². The summed E-state index contributed by atoms with van der Waals surface area (Å²) in [6, 6.07) is 0.0893. The Morgan fingerprint density at radius 3 is 2.54 bits per heavy atom. The van der Waals surface area contributed by atoms with E-state index in [9.17, 15) is 13.2 Å². The standard InChI is InChI=1S/C8H15F3N2/c1-6-7(2)13(4-3-12-6)5-8(9,10)11/h6-7,12H,3-5H2,1-2H3. The van der Waals surface area contributed by atoms with Gasteiger partial charge in [0, 0.05) is 25.2 Å². The average Bonchev–Trinajstić information content (AvgIpc) is 1.96. The summed E-state index contributed by atoms with van der Waals surface area (Å²) < 4.78 is 36.2. The van der Waals surface area contributed by atoms with Crippen molar-refractivity contribution in [3.63, 3.8) is 0 Å². The number of nitrogens with zero attached hydrogens (tertiary/aromatic N) is 1. The summed E-state index contributed by atoms with van der Waals surface area (Å²) in [4.78, 5) is 1.47. The Kier molecular flexibility index (Phi) is 3.18. The molecule has 78 valence electrons. The van der Waals surface area contributed by atoms with Gasteiger partial charge in [0.1, 0.15) is 0 Å². The van der Waals surface area contributed by atoms with Crippen LogP contribution in [0.1, 0.15) is 13.8 Å². The molecule has 0 aromatic carbocycles. The van der Waals surface area contributed by atoms with Crippen molar-refractivity contribution in [2.75, 3.05) is 19.6 Å². The van der Waals surface area contributed by atoms with E-state index in [0.29, 0.717) is 13.1 Å². The first-order valence-electron chi connectivity index (χ1n) is 4.44. The third kappa shape index (κ3) is 3.15. The highest BCUT2D eigenvalue weighted by Gasteiger charge is 2.35. The topological polar surface area (TPSA) is 15.3 Å². The molecular weight excluding hydrogens is 181 g/mol. The second kappa shape index (κ2) is 3.84. The number of nitrogens with one attached hydrogen (secondary N) is 1. The molecule has 1 N–H and O–H groups in total. The molecule has 2 atom stereocenters. The van der Waals surface area contributed by atoms with Gasteiger partial charge in [-0.3, -0.25) is 4.90 Å². The Morgan fingerprint density at radius 2 is 2.00 bits per heavy atom. The molecule has 1 aliphatic heterocycles. The van der Waals surface area contributed by atoms with Gasteiger partial charge in [0.15, 0.2) is 0 Å². The van der Waals surface area contributed by atoms with Crippen LogP contribution in [0, 0.1) is 0 Å². The van der Waals surface area contributed by atoms with Crippen LogP contribution in [0.15, 0.2) is 0 Å². The minimum atomic E-state index is -4.08. The zero-order valence-corrected chi connectivity index (χ0v) is 7.86. The van der Waals surface area contributed by atoms with Gasteiger partial charge in [-0.2, -0.15) is 13.2 Å². The summed E-state index contributed by atoms with van der Waals surface area (Å²) in [6.07, 6.45) is -4.08. The number of halogens is 3. The van der Waals surface area contributed by atoms with Crippen LogP contribution in [0.2, 0.25) is 0 Å². The summed E-state index contributed by atoms with van der Waals surface area (Å²) in [6.45, 7) is 4.06. The highest BCUT2D eigenvalue weighted by molar-refractivity contribution is 4.84. The second-order valence-corrected chi connectivity index (χ2v) is 3.57. The van der Waals surface area contributed by atoms with E-state index >= 15 is 0 Å². The molecule has 2 unspecified atom stereocenters. The number of hydrogen-bond donors (Lipinski definition) is 1. The van der Waals surface area contributed by atoms with E-state index in [1.165, 1.54) is 4.90 Å². The monoisotopic (exact) mass is 196 g/mol. The fourth-order valence-electron chi connectivity index (χ4n) is 1.58. The van der Waals surface area contributed by atoms with Crippen molar-refractivity contribution in [3.05, 3.63) is 0 Å². The number of alkyl halides is 3. The van der Waals surface area contributed by atoms with Crippen LogP contribution in [0.5, 0.6) is 0 Å². The highest BCUT2D eigenvalue weighted by atomic mass is 19.4. The van der Waals surface area contributed by atoms with Crippen molar-refractivity contribution in [1.82, 2.24) is 10.2 Å². The van der Waals surface area contributed by atoms with Crippen molar-refractivity contribution >= 4 is 0 Å². The highest BCUT2D eigenvalue weighted by Crippen LogP contribution is 2.19. The molecule has 0 saturated carbocycles. The molecule has 0 amide bonds. The molecule has 1 aliphatic rings. The van der Waals surface area contributed by atoms with Crippen molar-refractivity contribution in [2.45, 2.75) is 32.1 Å². The van der Waals surface area contributed by atoms with E-state index in [1.54, 1.807) is 0 Å². The van der Waals surface area contributed by atoms with Gasteiger partial charge in [0.25, 0.3) is 0 Å². The van der Waals surface area contributed by atoms with E-state index in [-0.39, 0.29) is 12.1 Å². The number of rotatable bonds is 1. The molecule has 2 nitrogen and oxygen atoms in total. The minimum absolute atomic E-state index is 0.0459. The summed E-state index contributed by atoms with van der Waals surface area (Å²) in [5.41, 5.74) is 0. The second-order valence-electron chi connectivity index (χ2n) is 3.57. The van der Waals surface area contributed by atoms with Gasteiger partial charge in [-0.05, 0) is 13.8 Å². The molecule has 0 bridgehead atoms. The van der Waals surface area contributed by atoms with Crippen LogP contribution in [-0.4, -0.2) is 42.8 Å². The maximum Gasteiger partial charge on any atom is 0.401 e. The molecule has 1 fully saturated rings. The maximum atomic E-state index is 12.1. The third-order valence-corrected chi connectivity index (χ3v) is 2.55. The molecule has 1 heterocycles. The van der Waals surface area contributed by atoms with Gasteiger partial charge in [0.05, 0.1) is 6.54 Å².